The van der Waals surface area contributed by atoms with Crippen LogP contribution in [0.4, 0.5) is 4.39 Å². The van der Waals surface area contributed by atoms with Crippen LogP contribution in [-0.4, -0.2) is 55.5 Å². The van der Waals surface area contributed by atoms with E-state index >= 15 is 0 Å². The molecule has 9 heteroatoms. The van der Waals surface area contributed by atoms with Gasteiger partial charge in [-0.05, 0) is 48.5 Å². The number of carbonyl (C=O) groups is 1. The fourth-order valence-electron chi connectivity index (χ4n) is 2.97. The van der Waals surface area contributed by atoms with E-state index < -0.39 is 10.0 Å². The van der Waals surface area contributed by atoms with Crippen LogP contribution in [0.15, 0.2) is 58.3 Å². The fourth-order valence-corrected chi connectivity index (χ4v) is 5.24. The number of rotatable bonds is 6. The van der Waals surface area contributed by atoms with Gasteiger partial charge in [-0.3, -0.25) is 4.79 Å². The maximum absolute atomic E-state index is 12.9. The van der Waals surface area contributed by atoms with Crippen LogP contribution in [0.1, 0.15) is 12.0 Å². The molecule has 152 valence electrons. The molecule has 0 bridgehead atoms. The Bertz CT molecular complexity index is 995. The van der Waals surface area contributed by atoms with Crippen molar-refractivity contribution in [2.24, 2.45) is 0 Å². The Morgan fingerprint density at radius 2 is 1.66 bits per heavy atom. The summed E-state index contributed by atoms with van der Waals surface area (Å²) in [6, 6.07) is 13.9. The van der Waals surface area contributed by atoms with Gasteiger partial charge in [0.15, 0.2) is 0 Å². The Morgan fingerprint density at radius 3 is 2.24 bits per heavy atom. The molecule has 1 heterocycles. The van der Waals surface area contributed by atoms with Crippen molar-refractivity contribution in [2.45, 2.75) is 16.2 Å². The summed E-state index contributed by atoms with van der Waals surface area (Å²) in [7, 11) is -3.64. The molecule has 0 N–H and O–H groups in total. The first-order valence-electron chi connectivity index (χ1n) is 9.06. The van der Waals surface area contributed by atoms with E-state index in [9.17, 15) is 17.6 Å². The molecule has 0 saturated carbocycles. The second-order valence-electron chi connectivity index (χ2n) is 6.47. The largest absolute Gasteiger partial charge is 0.340 e. The number of piperazine rings is 1. The van der Waals surface area contributed by atoms with Crippen LogP contribution in [0, 0.1) is 17.1 Å². The Morgan fingerprint density at radius 1 is 1.03 bits per heavy atom. The third-order valence-electron chi connectivity index (χ3n) is 4.61. The summed E-state index contributed by atoms with van der Waals surface area (Å²) in [6.07, 6.45) is 0.338. The average Bonchev–Trinajstić information content (AvgIpc) is 2.75. The zero-order valence-corrected chi connectivity index (χ0v) is 17.3. The molecule has 0 radical (unpaired) electrons. The van der Waals surface area contributed by atoms with Crippen LogP contribution in [0.3, 0.4) is 0 Å². The van der Waals surface area contributed by atoms with Gasteiger partial charge in [-0.15, -0.1) is 11.8 Å². The van der Waals surface area contributed by atoms with Crippen molar-refractivity contribution in [1.82, 2.24) is 9.21 Å². The number of hydrogen-bond acceptors (Lipinski definition) is 5. The molecule has 1 aliphatic rings. The Hall–Kier alpha value is -2.41. The second kappa shape index (κ2) is 9.39. The standard InChI is InChI=1S/C20H20FN3O3S2/c21-17-3-5-18(6-4-17)28-14-9-20(25)23-10-12-24(13-11-23)29(26,27)19-7-1-16(15-22)2-8-19/h1-8H,9-14H2. The summed E-state index contributed by atoms with van der Waals surface area (Å²) in [5, 5.41) is 8.83. The third-order valence-corrected chi connectivity index (χ3v) is 7.54. The Labute approximate surface area is 174 Å². The number of amides is 1. The topological polar surface area (TPSA) is 81.5 Å². The molecular weight excluding hydrogens is 413 g/mol. The van der Waals surface area contributed by atoms with Crippen molar-refractivity contribution < 1.29 is 17.6 Å². The zero-order valence-electron chi connectivity index (χ0n) is 15.6. The maximum Gasteiger partial charge on any atom is 0.243 e. The number of nitriles is 1. The predicted molar refractivity (Wildman–Crippen MR) is 108 cm³/mol. The lowest BCUT2D eigenvalue weighted by atomic mass is 10.2. The van der Waals surface area contributed by atoms with Gasteiger partial charge in [-0.25, -0.2) is 12.8 Å². The van der Waals surface area contributed by atoms with Crippen LogP contribution in [0.5, 0.6) is 0 Å². The first-order valence-corrected chi connectivity index (χ1v) is 11.5. The molecule has 3 rings (SSSR count). The van der Waals surface area contributed by atoms with Crippen LogP contribution < -0.4 is 0 Å². The molecule has 1 fully saturated rings. The van der Waals surface area contributed by atoms with E-state index in [4.69, 9.17) is 5.26 Å². The molecule has 1 aliphatic heterocycles. The summed E-state index contributed by atoms with van der Waals surface area (Å²) in [5.74, 6) is 0.267. The summed E-state index contributed by atoms with van der Waals surface area (Å²) in [5.41, 5.74) is 0.401. The smallest absolute Gasteiger partial charge is 0.243 e. The highest BCUT2D eigenvalue weighted by molar-refractivity contribution is 7.99. The molecule has 6 nitrogen and oxygen atoms in total. The lowest BCUT2D eigenvalue weighted by Crippen LogP contribution is -2.50. The number of carbonyl (C=O) groups excluding carboxylic acids is 1. The number of sulfonamides is 1. The minimum atomic E-state index is -3.64. The summed E-state index contributed by atoms with van der Waals surface area (Å²) in [6.45, 7) is 1.16. The predicted octanol–water partition coefficient (Wildman–Crippen LogP) is 2.71. The molecule has 2 aromatic rings. The number of halogens is 1. The summed E-state index contributed by atoms with van der Waals surface area (Å²) < 4.78 is 39.7. The summed E-state index contributed by atoms with van der Waals surface area (Å²) in [4.78, 5) is 15.1. The molecule has 0 unspecified atom stereocenters. The van der Waals surface area contributed by atoms with Gasteiger partial charge in [0.25, 0.3) is 0 Å². The average molecular weight is 434 g/mol. The monoisotopic (exact) mass is 433 g/mol. The van der Waals surface area contributed by atoms with Crippen molar-refractivity contribution in [2.75, 3.05) is 31.9 Å². The van der Waals surface area contributed by atoms with E-state index in [1.165, 1.54) is 52.5 Å². The van der Waals surface area contributed by atoms with Crippen LogP contribution in [0.2, 0.25) is 0 Å². The molecular formula is C20H20FN3O3S2. The number of benzene rings is 2. The Kier molecular flexibility index (Phi) is 6.90. The molecule has 29 heavy (non-hydrogen) atoms. The van der Waals surface area contributed by atoms with E-state index in [-0.39, 0.29) is 29.7 Å². The van der Waals surface area contributed by atoms with Crippen LogP contribution >= 0.6 is 11.8 Å². The van der Waals surface area contributed by atoms with E-state index in [1.807, 2.05) is 6.07 Å². The van der Waals surface area contributed by atoms with Gasteiger partial charge in [0.05, 0.1) is 16.5 Å². The van der Waals surface area contributed by atoms with Gasteiger partial charge < -0.3 is 4.90 Å². The van der Waals surface area contributed by atoms with E-state index in [0.29, 0.717) is 30.8 Å². The molecule has 2 aromatic carbocycles. The minimum Gasteiger partial charge on any atom is -0.340 e. The quantitative estimate of drug-likeness (QED) is 0.655. The van der Waals surface area contributed by atoms with Crippen molar-refractivity contribution in [3.05, 3.63) is 59.9 Å². The highest BCUT2D eigenvalue weighted by Gasteiger charge is 2.29. The zero-order chi connectivity index (χ0) is 20.9. The lowest BCUT2D eigenvalue weighted by molar-refractivity contribution is -0.131. The maximum atomic E-state index is 12.9. The van der Waals surface area contributed by atoms with E-state index in [1.54, 1.807) is 17.0 Å². The third kappa shape index (κ3) is 5.35. The van der Waals surface area contributed by atoms with E-state index in [2.05, 4.69) is 0 Å². The van der Waals surface area contributed by atoms with Crippen molar-refractivity contribution in [1.29, 1.82) is 5.26 Å². The molecule has 0 aliphatic carbocycles. The minimum absolute atomic E-state index is 0.0185. The van der Waals surface area contributed by atoms with Crippen LogP contribution in [0.25, 0.3) is 0 Å². The van der Waals surface area contributed by atoms with Gasteiger partial charge in [-0.1, -0.05) is 0 Å². The van der Waals surface area contributed by atoms with Gasteiger partial charge in [0, 0.05) is 43.2 Å². The SMILES string of the molecule is N#Cc1ccc(S(=O)(=O)N2CCN(C(=O)CCSc3ccc(F)cc3)CC2)cc1. The molecule has 0 atom stereocenters. The lowest BCUT2D eigenvalue weighted by Gasteiger charge is -2.34. The van der Waals surface area contributed by atoms with Crippen molar-refractivity contribution in [3.63, 3.8) is 0 Å². The molecule has 1 saturated heterocycles. The van der Waals surface area contributed by atoms with Gasteiger partial charge in [0.2, 0.25) is 15.9 Å². The number of thioether (sulfide) groups is 1. The number of hydrogen-bond donors (Lipinski definition) is 0. The molecule has 0 spiro atoms. The molecule has 0 aromatic heterocycles. The highest BCUT2D eigenvalue weighted by atomic mass is 32.2. The van der Waals surface area contributed by atoms with Gasteiger partial charge >= 0.3 is 0 Å². The summed E-state index contributed by atoms with van der Waals surface area (Å²) >= 11 is 1.48. The highest BCUT2D eigenvalue weighted by Crippen LogP contribution is 2.21. The van der Waals surface area contributed by atoms with Gasteiger partial charge in [0.1, 0.15) is 5.82 Å². The van der Waals surface area contributed by atoms with Crippen molar-refractivity contribution >= 4 is 27.7 Å². The normalized spacial score (nSPS) is 15.1. The fraction of sp³-hybridized carbons (Fsp3) is 0.300. The van der Waals surface area contributed by atoms with E-state index in [0.717, 1.165) is 4.90 Å². The van der Waals surface area contributed by atoms with Gasteiger partial charge in [-0.2, -0.15) is 9.57 Å². The first kappa shape index (κ1) is 21.3. The van der Waals surface area contributed by atoms with Crippen LogP contribution in [-0.2, 0) is 14.8 Å². The Balaban J connectivity index is 1.49. The second-order valence-corrected chi connectivity index (χ2v) is 9.58. The number of nitrogens with zero attached hydrogens (tertiary/aromatic N) is 3. The first-order chi connectivity index (χ1) is 13.9. The molecule has 1 amide bonds. The van der Waals surface area contributed by atoms with Crippen molar-refractivity contribution in [3.8, 4) is 6.07 Å².